The minimum absolute atomic E-state index is 0.0411. The number of nitriles is 1. The number of H-pyrrole nitrogens is 1. The number of benzene rings is 2. The smallest absolute Gasteiger partial charge is 0.263 e. The summed E-state index contributed by atoms with van der Waals surface area (Å²) in [5, 5.41) is 8.77. The third-order valence-corrected chi connectivity index (χ3v) is 5.13. The lowest BCUT2D eigenvalue weighted by molar-refractivity contribution is 0.598. The summed E-state index contributed by atoms with van der Waals surface area (Å²) >= 11 is 5.83. The van der Waals surface area contributed by atoms with Crippen LogP contribution in [0, 0.1) is 17.1 Å². The number of aromatic amines is 1. The monoisotopic (exact) mass is 375 g/mol. The Labute approximate surface area is 148 Å². The lowest BCUT2D eigenvalue weighted by Gasteiger charge is -2.08. The summed E-state index contributed by atoms with van der Waals surface area (Å²) < 4.78 is 41.0. The van der Waals surface area contributed by atoms with Crippen LogP contribution in [0.15, 0.2) is 59.6 Å². The largest absolute Gasteiger partial charge is 0.360 e. The van der Waals surface area contributed by atoms with Crippen molar-refractivity contribution in [2.75, 3.05) is 4.72 Å². The van der Waals surface area contributed by atoms with E-state index in [1.165, 1.54) is 12.3 Å². The van der Waals surface area contributed by atoms with Crippen LogP contribution in [0.3, 0.4) is 0 Å². The van der Waals surface area contributed by atoms with E-state index in [0.717, 1.165) is 17.7 Å². The Morgan fingerprint density at radius 1 is 1.16 bits per heavy atom. The number of nitrogens with zero attached hydrogens (tertiary/aromatic N) is 1. The molecule has 3 rings (SSSR count). The lowest BCUT2D eigenvalue weighted by Crippen LogP contribution is -2.13. The van der Waals surface area contributed by atoms with E-state index in [1.807, 2.05) is 30.3 Å². The zero-order valence-electron chi connectivity index (χ0n) is 12.6. The van der Waals surface area contributed by atoms with E-state index in [2.05, 4.69) is 9.71 Å². The van der Waals surface area contributed by atoms with E-state index in [9.17, 15) is 12.8 Å². The first-order valence-corrected chi connectivity index (χ1v) is 8.92. The minimum atomic E-state index is -4.02. The van der Waals surface area contributed by atoms with E-state index in [1.54, 1.807) is 6.07 Å². The second kappa shape index (κ2) is 6.59. The highest BCUT2D eigenvalue weighted by Gasteiger charge is 2.19. The molecule has 2 aromatic carbocycles. The first kappa shape index (κ1) is 17.0. The third kappa shape index (κ3) is 3.50. The van der Waals surface area contributed by atoms with Crippen molar-refractivity contribution in [2.45, 2.75) is 4.90 Å². The number of anilines is 1. The van der Waals surface area contributed by atoms with Crippen molar-refractivity contribution in [3.63, 3.8) is 0 Å². The van der Waals surface area contributed by atoms with Gasteiger partial charge in [-0.05, 0) is 23.8 Å². The Bertz CT molecular complexity index is 1070. The van der Waals surface area contributed by atoms with Crippen LogP contribution in [0.4, 0.5) is 10.1 Å². The molecule has 5 nitrogen and oxygen atoms in total. The van der Waals surface area contributed by atoms with Gasteiger partial charge < -0.3 is 4.98 Å². The summed E-state index contributed by atoms with van der Waals surface area (Å²) in [6.45, 7) is 0. The van der Waals surface area contributed by atoms with Gasteiger partial charge in [-0.2, -0.15) is 5.26 Å². The van der Waals surface area contributed by atoms with Gasteiger partial charge >= 0.3 is 0 Å². The number of sulfonamides is 1. The molecule has 1 aromatic heterocycles. The highest BCUT2D eigenvalue weighted by molar-refractivity contribution is 7.92. The van der Waals surface area contributed by atoms with E-state index >= 15 is 0 Å². The number of hydrogen-bond acceptors (Lipinski definition) is 3. The van der Waals surface area contributed by atoms with Crippen LogP contribution in [-0.4, -0.2) is 13.4 Å². The van der Waals surface area contributed by atoms with Gasteiger partial charge in [0.1, 0.15) is 16.8 Å². The topological polar surface area (TPSA) is 85.8 Å². The molecular weight excluding hydrogens is 365 g/mol. The molecule has 3 aromatic rings. The van der Waals surface area contributed by atoms with Gasteiger partial charge in [-0.25, -0.2) is 12.8 Å². The molecule has 0 aliphatic heterocycles. The van der Waals surface area contributed by atoms with Gasteiger partial charge in [0.25, 0.3) is 10.0 Å². The van der Waals surface area contributed by atoms with Crippen LogP contribution < -0.4 is 4.72 Å². The van der Waals surface area contributed by atoms with E-state index in [-0.39, 0.29) is 21.2 Å². The second-order valence-electron chi connectivity index (χ2n) is 5.14. The Hall–Kier alpha value is -2.82. The van der Waals surface area contributed by atoms with Gasteiger partial charge in [0.05, 0.1) is 16.3 Å². The number of halogens is 2. The van der Waals surface area contributed by atoms with Crippen molar-refractivity contribution >= 4 is 27.3 Å². The molecule has 8 heteroatoms. The molecule has 25 heavy (non-hydrogen) atoms. The average Bonchev–Trinajstić information content (AvgIpc) is 3.09. The summed E-state index contributed by atoms with van der Waals surface area (Å²) in [6, 6.07) is 14.3. The number of hydrogen-bond donors (Lipinski definition) is 2. The zero-order chi connectivity index (χ0) is 18.0. The van der Waals surface area contributed by atoms with Crippen molar-refractivity contribution in [2.24, 2.45) is 0 Å². The molecular formula is C17H11ClFN3O2S. The summed E-state index contributed by atoms with van der Waals surface area (Å²) in [6.07, 6.45) is 1.31. The maximum absolute atomic E-state index is 14.0. The summed E-state index contributed by atoms with van der Waals surface area (Å²) in [5.41, 5.74) is 1.03. The van der Waals surface area contributed by atoms with Crippen LogP contribution >= 0.6 is 11.6 Å². The molecule has 0 unspecified atom stereocenters. The van der Waals surface area contributed by atoms with Crippen molar-refractivity contribution in [1.29, 1.82) is 5.26 Å². The molecule has 1 heterocycles. The molecule has 0 spiro atoms. The standard InChI is InChI=1S/C17H11ClFN3O2S/c18-14-8-17(15(19)6-12(14)9-20)22-25(23,24)13-7-16(21-10-13)11-4-2-1-3-5-11/h1-8,10,21-22H. The first-order chi connectivity index (χ1) is 11.9. The van der Waals surface area contributed by atoms with E-state index in [4.69, 9.17) is 16.9 Å². The lowest BCUT2D eigenvalue weighted by atomic mass is 10.2. The molecule has 0 atom stereocenters. The summed E-state index contributed by atoms with van der Waals surface area (Å²) in [7, 11) is -4.02. The van der Waals surface area contributed by atoms with Crippen LogP contribution in [0.1, 0.15) is 5.56 Å². The molecule has 0 saturated heterocycles. The Balaban J connectivity index is 1.92. The van der Waals surface area contributed by atoms with Crippen LogP contribution in [0.2, 0.25) is 5.02 Å². The second-order valence-corrected chi connectivity index (χ2v) is 7.23. The fourth-order valence-electron chi connectivity index (χ4n) is 2.23. The van der Waals surface area contributed by atoms with Gasteiger partial charge in [0.15, 0.2) is 0 Å². The predicted octanol–water partition coefficient (Wildman–Crippen LogP) is 4.15. The fraction of sp³-hybridized carbons (Fsp3) is 0. The van der Waals surface area contributed by atoms with Crippen molar-refractivity contribution in [3.05, 3.63) is 71.1 Å². The highest BCUT2D eigenvalue weighted by atomic mass is 35.5. The Kier molecular flexibility index (Phi) is 4.49. The highest BCUT2D eigenvalue weighted by Crippen LogP contribution is 2.27. The van der Waals surface area contributed by atoms with Crippen molar-refractivity contribution in [1.82, 2.24) is 4.98 Å². The molecule has 0 radical (unpaired) electrons. The first-order valence-electron chi connectivity index (χ1n) is 7.06. The SMILES string of the molecule is N#Cc1cc(F)c(NS(=O)(=O)c2c[nH]c(-c3ccccc3)c2)cc1Cl. The summed E-state index contributed by atoms with van der Waals surface area (Å²) in [4.78, 5) is 2.83. The Morgan fingerprint density at radius 3 is 2.56 bits per heavy atom. The third-order valence-electron chi connectivity index (χ3n) is 3.47. The fourth-order valence-corrected chi connectivity index (χ4v) is 3.49. The van der Waals surface area contributed by atoms with E-state index < -0.39 is 15.8 Å². The summed E-state index contributed by atoms with van der Waals surface area (Å²) in [5.74, 6) is -0.886. The Morgan fingerprint density at radius 2 is 1.88 bits per heavy atom. The van der Waals surface area contributed by atoms with Crippen molar-refractivity contribution < 1.29 is 12.8 Å². The normalized spacial score (nSPS) is 11.1. The average molecular weight is 376 g/mol. The number of rotatable bonds is 4. The van der Waals surface area contributed by atoms with Crippen molar-refractivity contribution in [3.8, 4) is 17.3 Å². The quantitative estimate of drug-likeness (QED) is 0.718. The molecule has 2 N–H and O–H groups in total. The van der Waals surface area contributed by atoms with Gasteiger partial charge in [-0.3, -0.25) is 4.72 Å². The van der Waals surface area contributed by atoms with Gasteiger partial charge in [0, 0.05) is 11.9 Å². The van der Waals surface area contributed by atoms with Gasteiger partial charge in [0.2, 0.25) is 0 Å². The van der Waals surface area contributed by atoms with E-state index in [0.29, 0.717) is 5.69 Å². The molecule has 0 aliphatic carbocycles. The maximum atomic E-state index is 14.0. The maximum Gasteiger partial charge on any atom is 0.263 e. The molecule has 0 fully saturated rings. The predicted molar refractivity (Wildman–Crippen MR) is 93.2 cm³/mol. The number of aromatic nitrogens is 1. The molecule has 0 amide bonds. The molecule has 0 aliphatic rings. The van der Waals surface area contributed by atoms with Crippen LogP contribution in [0.5, 0.6) is 0 Å². The van der Waals surface area contributed by atoms with Crippen LogP contribution in [0.25, 0.3) is 11.3 Å². The molecule has 0 saturated carbocycles. The molecule has 126 valence electrons. The van der Waals surface area contributed by atoms with Crippen LogP contribution in [-0.2, 0) is 10.0 Å². The number of nitrogens with one attached hydrogen (secondary N) is 2. The zero-order valence-corrected chi connectivity index (χ0v) is 14.2. The van der Waals surface area contributed by atoms with Gasteiger partial charge in [-0.1, -0.05) is 41.9 Å². The minimum Gasteiger partial charge on any atom is -0.360 e. The molecule has 0 bridgehead atoms. The van der Waals surface area contributed by atoms with Gasteiger partial charge in [-0.15, -0.1) is 0 Å².